The zero-order valence-corrected chi connectivity index (χ0v) is 20.8. The molecule has 1 N–H and O–H groups in total. The summed E-state index contributed by atoms with van der Waals surface area (Å²) in [6, 6.07) is 8.15. The number of fused-ring (bicyclic) bond motifs is 1. The van der Waals surface area contributed by atoms with Crippen molar-refractivity contribution in [1.82, 2.24) is 14.9 Å². The Balaban J connectivity index is 1.34. The van der Waals surface area contributed by atoms with Gasteiger partial charge in [-0.1, -0.05) is 11.6 Å². The van der Waals surface area contributed by atoms with Crippen molar-refractivity contribution in [3.05, 3.63) is 47.5 Å². The van der Waals surface area contributed by atoms with Crippen molar-refractivity contribution in [2.24, 2.45) is 0 Å². The molecule has 0 spiro atoms. The Morgan fingerprint density at radius 2 is 2.08 bits per heavy atom. The monoisotopic (exact) mass is 514 g/mol. The molecule has 1 atom stereocenters. The number of halogens is 2. The van der Waals surface area contributed by atoms with Gasteiger partial charge in [0.1, 0.15) is 24.1 Å². The Kier molecular flexibility index (Phi) is 7.38. The summed E-state index contributed by atoms with van der Waals surface area (Å²) in [7, 11) is 0. The first kappa shape index (κ1) is 24.5. The minimum atomic E-state index is -0.487. The van der Waals surface area contributed by atoms with E-state index in [1.54, 1.807) is 6.07 Å². The van der Waals surface area contributed by atoms with E-state index in [0.717, 1.165) is 44.2 Å². The number of ether oxygens (including phenoxy) is 3. The lowest BCUT2D eigenvalue weighted by Crippen LogP contribution is -2.44. The quantitative estimate of drug-likeness (QED) is 0.311. The van der Waals surface area contributed by atoms with Gasteiger partial charge in [-0.05, 0) is 56.9 Å². The highest BCUT2D eigenvalue weighted by Gasteiger charge is 2.24. The maximum absolute atomic E-state index is 13.6. The molecular weight excluding hydrogens is 487 g/mol. The van der Waals surface area contributed by atoms with Gasteiger partial charge in [-0.25, -0.2) is 14.4 Å². The van der Waals surface area contributed by atoms with E-state index in [9.17, 15) is 9.18 Å². The van der Waals surface area contributed by atoms with Gasteiger partial charge in [0, 0.05) is 30.2 Å². The van der Waals surface area contributed by atoms with Crippen LogP contribution in [0.15, 0.2) is 36.7 Å². The highest BCUT2D eigenvalue weighted by molar-refractivity contribution is 6.31. The predicted octanol–water partition coefficient (Wildman–Crippen LogP) is 5.11. The van der Waals surface area contributed by atoms with Gasteiger partial charge in [0.25, 0.3) is 0 Å². The molecule has 1 unspecified atom stereocenters. The summed E-state index contributed by atoms with van der Waals surface area (Å²) in [5, 5.41) is 3.95. The van der Waals surface area contributed by atoms with Crippen LogP contribution >= 0.6 is 11.6 Å². The van der Waals surface area contributed by atoms with Crippen LogP contribution in [0.5, 0.6) is 11.5 Å². The third-order valence-corrected chi connectivity index (χ3v) is 6.60. The number of carbonyl (C=O) groups excluding carboxylic acids is 1. The van der Waals surface area contributed by atoms with E-state index < -0.39 is 5.82 Å². The molecule has 3 aromatic rings. The zero-order chi connectivity index (χ0) is 25.1. The Morgan fingerprint density at radius 1 is 1.22 bits per heavy atom. The van der Waals surface area contributed by atoms with Crippen molar-refractivity contribution < 1.29 is 23.4 Å². The Morgan fingerprint density at radius 3 is 2.83 bits per heavy atom. The molecule has 2 fully saturated rings. The van der Waals surface area contributed by atoms with E-state index in [4.69, 9.17) is 25.8 Å². The van der Waals surface area contributed by atoms with E-state index in [1.165, 1.54) is 18.5 Å². The highest BCUT2D eigenvalue weighted by atomic mass is 35.5. The number of hydrogen-bond acceptors (Lipinski definition) is 8. The number of cyclic esters (lactones) is 1. The fourth-order valence-corrected chi connectivity index (χ4v) is 4.48. The summed E-state index contributed by atoms with van der Waals surface area (Å²) >= 11 is 5.94. The van der Waals surface area contributed by atoms with E-state index in [2.05, 4.69) is 20.2 Å². The van der Waals surface area contributed by atoms with Crippen LogP contribution in [0.3, 0.4) is 0 Å². The zero-order valence-electron chi connectivity index (χ0n) is 20.0. The average Bonchev–Trinajstić information content (AvgIpc) is 2.81. The van der Waals surface area contributed by atoms with Gasteiger partial charge in [0.15, 0.2) is 11.5 Å². The van der Waals surface area contributed by atoms with E-state index >= 15 is 0 Å². The van der Waals surface area contributed by atoms with Crippen LogP contribution < -0.4 is 14.8 Å². The standard InChI is InChI=1S/C26H28ClFN4O4/c1-16-13-32(14-25(33)35-16)8-3-9-34-23-11-19-22(12-24(23)36-18-4-2-5-18)29-15-30-26(19)31-17-6-7-21(28)20(27)10-17/h6-7,10-12,15-16,18H,2-5,8-9,13-14H2,1H3,(H,29,30,31). The number of nitrogens with one attached hydrogen (secondary N) is 1. The summed E-state index contributed by atoms with van der Waals surface area (Å²) in [5.41, 5.74) is 1.30. The van der Waals surface area contributed by atoms with Gasteiger partial charge < -0.3 is 19.5 Å². The molecule has 2 aromatic carbocycles. The van der Waals surface area contributed by atoms with Gasteiger partial charge in [-0.15, -0.1) is 0 Å². The van der Waals surface area contributed by atoms with E-state index in [1.807, 2.05) is 19.1 Å². The lowest BCUT2D eigenvalue weighted by Gasteiger charge is -2.30. The third kappa shape index (κ3) is 5.79. The van der Waals surface area contributed by atoms with Crippen LogP contribution in [-0.4, -0.2) is 59.3 Å². The number of hydrogen-bond donors (Lipinski definition) is 1. The fourth-order valence-electron chi connectivity index (χ4n) is 4.30. The molecule has 5 rings (SSSR count). The van der Waals surface area contributed by atoms with Gasteiger partial charge in [0.05, 0.1) is 29.8 Å². The minimum Gasteiger partial charge on any atom is -0.490 e. The van der Waals surface area contributed by atoms with Crippen LogP contribution in [0.2, 0.25) is 5.02 Å². The van der Waals surface area contributed by atoms with Crippen LogP contribution in [-0.2, 0) is 9.53 Å². The first-order valence-electron chi connectivity index (χ1n) is 12.2. The molecule has 0 radical (unpaired) electrons. The molecule has 36 heavy (non-hydrogen) atoms. The van der Waals surface area contributed by atoms with Crippen molar-refractivity contribution in [1.29, 1.82) is 0 Å². The normalized spacial score (nSPS) is 18.5. The van der Waals surface area contributed by atoms with Crippen molar-refractivity contribution in [2.45, 2.75) is 44.8 Å². The Bertz CT molecular complexity index is 1260. The van der Waals surface area contributed by atoms with Crippen molar-refractivity contribution in [2.75, 3.05) is 31.6 Å². The summed E-state index contributed by atoms with van der Waals surface area (Å²) in [6.45, 7) is 4.10. The molecule has 2 heterocycles. The summed E-state index contributed by atoms with van der Waals surface area (Å²) in [5.74, 6) is 1.12. The average molecular weight is 515 g/mol. The Hall–Kier alpha value is -3.17. The lowest BCUT2D eigenvalue weighted by atomic mass is 9.96. The molecule has 1 saturated heterocycles. The molecular formula is C26H28ClFN4O4. The summed E-state index contributed by atoms with van der Waals surface area (Å²) in [4.78, 5) is 22.6. The topological polar surface area (TPSA) is 85.8 Å². The molecule has 10 heteroatoms. The third-order valence-electron chi connectivity index (χ3n) is 6.31. The number of aromatic nitrogens is 2. The fraction of sp³-hybridized carbons (Fsp3) is 0.423. The number of benzene rings is 2. The molecule has 1 aliphatic heterocycles. The molecule has 1 saturated carbocycles. The van der Waals surface area contributed by atoms with E-state index in [0.29, 0.717) is 41.7 Å². The summed E-state index contributed by atoms with van der Waals surface area (Å²) < 4.78 is 31.2. The second-order valence-electron chi connectivity index (χ2n) is 9.20. The molecule has 1 aromatic heterocycles. The lowest BCUT2D eigenvalue weighted by molar-refractivity contribution is -0.157. The predicted molar refractivity (Wildman–Crippen MR) is 135 cm³/mol. The minimum absolute atomic E-state index is 0.0231. The Labute approximate surface area is 213 Å². The molecule has 8 nitrogen and oxygen atoms in total. The van der Waals surface area contributed by atoms with Crippen molar-refractivity contribution >= 4 is 40.0 Å². The van der Waals surface area contributed by atoms with Crippen LogP contribution in [0.25, 0.3) is 10.9 Å². The van der Waals surface area contributed by atoms with Gasteiger partial charge >= 0.3 is 5.97 Å². The van der Waals surface area contributed by atoms with Crippen LogP contribution in [0.4, 0.5) is 15.9 Å². The molecule has 0 bridgehead atoms. The number of rotatable bonds is 9. The first-order chi connectivity index (χ1) is 17.4. The van der Waals surface area contributed by atoms with Crippen LogP contribution in [0, 0.1) is 5.82 Å². The number of carbonyl (C=O) groups is 1. The van der Waals surface area contributed by atoms with E-state index in [-0.39, 0.29) is 23.2 Å². The maximum Gasteiger partial charge on any atom is 0.320 e. The molecule has 190 valence electrons. The second-order valence-corrected chi connectivity index (χ2v) is 9.61. The molecule has 1 aliphatic carbocycles. The molecule has 2 aliphatic rings. The highest BCUT2D eigenvalue weighted by Crippen LogP contribution is 2.38. The van der Waals surface area contributed by atoms with Gasteiger partial charge in [0.2, 0.25) is 0 Å². The SMILES string of the molecule is CC1CN(CCCOc2cc3c(Nc4ccc(F)c(Cl)c4)ncnc3cc2OC2CCC2)CC(=O)O1. The van der Waals surface area contributed by atoms with Crippen molar-refractivity contribution in [3.63, 3.8) is 0 Å². The largest absolute Gasteiger partial charge is 0.490 e. The molecule has 0 amide bonds. The number of esters is 1. The van der Waals surface area contributed by atoms with Crippen LogP contribution in [0.1, 0.15) is 32.6 Å². The maximum atomic E-state index is 13.6. The number of morpholine rings is 1. The number of nitrogens with zero attached hydrogens (tertiary/aromatic N) is 3. The van der Waals surface area contributed by atoms with Crippen molar-refractivity contribution in [3.8, 4) is 11.5 Å². The summed E-state index contributed by atoms with van der Waals surface area (Å²) in [6.07, 6.45) is 5.47. The number of anilines is 2. The second kappa shape index (κ2) is 10.8. The van der Waals surface area contributed by atoms with Gasteiger partial charge in [-0.2, -0.15) is 0 Å². The smallest absolute Gasteiger partial charge is 0.320 e. The first-order valence-corrected chi connectivity index (χ1v) is 12.5. The van der Waals surface area contributed by atoms with Gasteiger partial charge in [-0.3, -0.25) is 9.69 Å².